The first-order valence-electron chi connectivity index (χ1n) is 10.9. The molecule has 7 heteroatoms. The van der Waals surface area contributed by atoms with Crippen molar-refractivity contribution in [3.8, 4) is 0 Å². The predicted octanol–water partition coefficient (Wildman–Crippen LogP) is 7.65. The predicted molar refractivity (Wildman–Crippen MR) is 142 cm³/mol. The third-order valence-corrected chi connectivity index (χ3v) is 7.00. The largest absolute Gasteiger partial charge is 0.322 e. The minimum absolute atomic E-state index is 0.114. The summed E-state index contributed by atoms with van der Waals surface area (Å²) in [4.78, 5) is 28.1. The molecule has 0 aliphatic carbocycles. The summed E-state index contributed by atoms with van der Waals surface area (Å²) in [5, 5.41) is 3.41. The summed E-state index contributed by atoms with van der Waals surface area (Å²) in [5.41, 5.74) is 5.54. The Kier molecular flexibility index (Phi) is 6.52. The topological polar surface area (TPSA) is 49.4 Å². The number of amides is 2. The first kappa shape index (κ1) is 23.4. The molecular formula is C28H19Cl3N2O2. The number of anilines is 2. The molecule has 4 nitrogen and oxygen atoms in total. The summed E-state index contributed by atoms with van der Waals surface area (Å²) in [6.07, 6.45) is 0.775. The van der Waals surface area contributed by atoms with Crippen LogP contribution in [0.3, 0.4) is 0 Å². The van der Waals surface area contributed by atoms with Gasteiger partial charge in [0.15, 0.2) is 0 Å². The number of hydrogen-bond donors (Lipinski definition) is 1. The molecule has 35 heavy (non-hydrogen) atoms. The fraction of sp³-hybridized carbons (Fsp3) is 0.0714. The van der Waals surface area contributed by atoms with Crippen LogP contribution in [0.5, 0.6) is 0 Å². The Morgan fingerprint density at radius 2 is 1.43 bits per heavy atom. The second-order valence-electron chi connectivity index (χ2n) is 8.25. The lowest BCUT2D eigenvalue weighted by molar-refractivity contribution is 0.0984. The van der Waals surface area contributed by atoms with Crippen molar-refractivity contribution in [2.75, 3.05) is 10.2 Å². The zero-order chi connectivity index (χ0) is 24.5. The molecule has 4 aromatic rings. The number of benzene rings is 4. The first-order valence-corrected chi connectivity index (χ1v) is 12.1. The smallest absolute Gasteiger partial charge is 0.258 e. The van der Waals surface area contributed by atoms with E-state index in [2.05, 4.69) is 23.5 Å². The zero-order valence-corrected chi connectivity index (χ0v) is 20.7. The highest BCUT2D eigenvalue weighted by Crippen LogP contribution is 2.32. The summed E-state index contributed by atoms with van der Waals surface area (Å²) in [6, 6.07) is 25.9. The van der Waals surface area contributed by atoms with Gasteiger partial charge in [0.2, 0.25) is 0 Å². The van der Waals surface area contributed by atoms with Crippen LogP contribution in [0.15, 0.2) is 84.9 Å². The Labute approximate surface area is 218 Å². The lowest BCUT2D eigenvalue weighted by atomic mass is 10.0. The Hall–Kier alpha value is -3.31. The van der Waals surface area contributed by atoms with Crippen LogP contribution in [0.2, 0.25) is 15.1 Å². The molecule has 0 atom stereocenters. The lowest BCUT2D eigenvalue weighted by Crippen LogP contribution is -2.30. The van der Waals surface area contributed by atoms with Gasteiger partial charge >= 0.3 is 0 Å². The molecule has 0 saturated carbocycles. The number of fused-ring (bicyclic) bond motifs is 2. The van der Waals surface area contributed by atoms with Gasteiger partial charge < -0.3 is 10.2 Å². The van der Waals surface area contributed by atoms with Gasteiger partial charge in [0.05, 0.1) is 22.2 Å². The normalized spacial score (nSPS) is 12.4. The quantitative estimate of drug-likeness (QED) is 0.281. The Morgan fingerprint density at radius 3 is 2.17 bits per heavy atom. The van der Waals surface area contributed by atoms with Crippen molar-refractivity contribution in [3.05, 3.63) is 128 Å². The minimum Gasteiger partial charge on any atom is -0.322 e. The van der Waals surface area contributed by atoms with E-state index in [1.54, 1.807) is 24.3 Å². The van der Waals surface area contributed by atoms with Crippen molar-refractivity contribution in [3.63, 3.8) is 0 Å². The van der Waals surface area contributed by atoms with Crippen molar-refractivity contribution >= 4 is 58.0 Å². The van der Waals surface area contributed by atoms with Crippen molar-refractivity contribution in [1.29, 1.82) is 0 Å². The fourth-order valence-electron chi connectivity index (χ4n) is 4.22. The molecule has 4 aromatic carbocycles. The van der Waals surface area contributed by atoms with E-state index in [9.17, 15) is 9.59 Å². The standard InChI is InChI=1S/C28H19Cl3N2O2/c29-21-14-23(26(31)24(30)15-21)27(34)32-22-11-9-17(10-12-22)28(35)33-16-20-7-2-1-5-18(20)13-19-6-3-4-8-25(19)33/h1-12,14-15H,13,16H2,(H,32,34). The van der Waals surface area contributed by atoms with Crippen LogP contribution in [0, 0.1) is 0 Å². The number of halogens is 3. The number of hydrogen-bond acceptors (Lipinski definition) is 2. The SMILES string of the molecule is O=C(Nc1ccc(C(=O)N2Cc3ccccc3Cc3ccccc32)cc1)c1cc(Cl)cc(Cl)c1Cl. The van der Waals surface area contributed by atoms with Crippen molar-refractivity contribution in [2.24, 2.45) is 0 Å². The third-order valence-electron chi connectivity index (χ3n) is 5.98. The highest BCUT2D eigenvalue weighted by molar-refractivity contribution is 6.45. The van der Waals surface area contributed by atoms with E-state index in [0.717, 1.165) is 23.2 Å². The summed E-state index contributed by atoms with van der Waals surface area (Å²) in [6.45, 7) is 0.485. The average molecular weight is 522 g/mol. The highest BCUT2D eigenvalue weighted by atomic mass is 35.5. The zero-order valence-electron chi connectivity index (χ0n) is 18.4. The van der Waals surface area contributed by atoms with Gasteiger partial charge in [-0.1, -0.05) is 77.3 Å². The molecular weight excluding hydrogens is 503 g/mol. The molecule has 0 radical (unpaired) electrons. The number of rotatable bonds is 3. The van der Waals surface area contributed by atoms with Gasteiger partial charge in [-0.3, -0.25) is 9.59 Å². The molecule has 2 amide bonds. The summed E-state index contributed by atoms with van der Waals surface area (Å²) in [5.74, 6) is -0.562. The second-order valence-corrected chi connectivity index (χ2v) is 9.47. The Morgan fingerprint density at radius 1 is 0.771 bits per heavy atom. The molecule has 0 spiro atoms. The maximum atomic E-state index is 13.6. The van der Waals surface area contributed by atoms with Gasteiger partial charge in [0, 0.05) is 22.0 Å². The molecule has 0 aromatic heterocycles. The van der Waals surface area contributed by atoms with Crippen LogP contribution >= 0.6 is 34.8 Å². The third kappa shape index (κ3) is 4.78. The van der Waals surface area contributed by atoms with Crippen LogP contribution in [-0.2, 0) is 13.0 Å². The van der Waals surface area contributed by atoms with Crippen LogP contribution in [-0.4, -0.2) is 11.8 Å². The van der Waals surface area contributed by atoms with Crippen LogP contribution in [0.4, 0.5) is 11.4 Å². The Bertz CT molecular complexity index is 1450. The van der Waals surface area contributed by atoms with Crippen molar-refractivity contribution in [1.82, 2.24) is 0 Å². The van der Waals surface area contributed by atoms with Crippen LogP contribution < -0.4 is 10.2 Å². The van der Waals surface area contributed by atoms with Crippen molar-refractivity contribution < 1.29 is 9.59 Å². The molecule has 1 aliphatic rings. The number of carbonyl (C=O) groups excluding carboxylic acids is 2. The maximum Gasteiger partial charge on any atom is 0.258 e. The average Bonchev–Trinajstić information content (AvgIpc) is 3.03. The summed E-state index contributed by atoms with van der Waals surface area (Å²) in [7, 11) is 0. The molecule has 1 heterocycles. The summed E-state index contributed by atoms with van der Waals surface area (Å²) >= 11 is 18.2. The van der Waals surface area contributed by atoms with Gasteiger partial charge in [-0.2, -0.15) is 0 Å². The fourth-order valence-corrected chi connectivity index (χ4v) is 4.91. The van der Waals surface area contributed by atoms with Crippen LogP contribution in [0.1, 0.15) is 37.4 Å². The van der Waals surface area contributed by atoms with Gasteiger partial charge in [-0.05, 0) is 65.6 Å². The van der Waals surface area contributed by atoms with E-state index < -0.39 is 5.91 Å². The molecule has 0 unspecified atom stereocenters. The Balaban J connectivity index is 1.40. The molecule has 1 N–H and O–H groups in total. The summed E-state index contributed by atoms with van der Waals surface area (Å²) < 4.78 is 0. The maximum absolute atomic E-state index is 13.6. The molecule has 0 bridgehead atoms. The van der Waals surface area contributed by atoms with Crippen LogP contribution in [0.25, 0.3) is 0 Å². The van der Waals surface area contributed by atoms with E-state index >= 15 is 0 Å². The molecule has 174 valence electrons. The van der Waals surface area contributed by atoms with E-state index in [-0.39, 0.29) is 21.5 Å². The number of nitrogens with one attached hydrogen (secondary N) is 1. The van der Waals surface area contributed by atoms with Gasteiger partial charge in [-0.25, -0.2) is 0 Å². The number of nitrogens with zero attached hydrogens (tertiary/aromatic N) is 1. The molecule has 5 rings (SSSR count). The van der Waals surface area contributed by atoms with E-state index in [4.69, 9.17) is 34.8 Å². The van der Waals surface area contributed by atoms with Gasteiger partial charge in [-0.15, -0.1) is 0 Å². The molecule has 0 saturated heterocycles. The molecule has 1 aliphatic heterocycles. The first-order chi connectivity index (χ1) is 16.9. The lowest BCUT2D eigenvalue weighted by Gasteiger charge is -2.23. The van der Waals surface area contributed by atoms with E-state index in [0.29, 0.717) is 22.8 Å². The van der Waals surface area contributed by atoms with Gasteiger partial charge in [0.25, 0.3) is 11.8 Å². The van der Waals surface area contributed by atoms with Gasteiger partial charge in [0.1, 0.15) is 0 Å². The van der Waals surface area contributed by atoms with E-state index in [1.165, 1.54) is 17.7 Å². The second kappa shape index (κ2) is 9.74. The number of para-hydroxylation sites is 1. The number of carbonyl (C=O) groups is 2. The van der Waals surface area contributed by atoms with Crippen molar-refractivity contribution in [2.45, 2.75) is 13.0 Å². The molecule has 0 fully saturated rings. The highest BCUT2D eigenvalue weighted by Gasteiger charge is 2.25. The minimum atomic E-state index is -0.448. The monoisotopic (exact) mass is 520 g/mol. The van der Waals surface area contributed by atoms with E-state index in [1.807, 2.05) is 35.2 Å².